The van der Waals surface area contributed by atoms with Crippen molar-refractivity contribution in [3.05, 3.63) is 35.9 Å². The highest BCUT2D eigenvalue weighted by molar-refractivity contribution is 5.15. The van der Waals surface area contributed by atoms with Gasteiger partial charge >= 0.3 is 0 Å². The molecule has 0 saturated heterocycles. The zero-order valence-corrected chi connectivity index (χ0v) is 11.8. The van der Waals surface area contributed by atoms with Crippen LogP contribution in [0.3, 0.4) is 0 Å². The lowest BCUT2D eigenvalue weighted by Gasteiger charge is -2.23. The van der Waals surface area contributed by atoms with Crippen LogP contribution in [0.25, 0.3) is 0 Å². The Hall–Kier alpha value is -0.820. The van der Waals surface area contributed by atoms with Gasteiger partial charge in [0.1, 0.15) is 0 Å². The molecule has 0 aromatic heterocycles. The minimum atomic E-state index is 0.597. The molecule has 0 N–H and O–H groups in total. The van der Waals surface area contributed by atoms with Crippen molar-refractivity contribution in [2.45, 2.75) is 52.1 Å². The zero-order valence-electron chi connectivity index (χ0n) is 11.8. The molecule has 1 aromatic carbocycles. The Labute approximate surface area is 112 Å². The second-order valence-corrected chi connectivity index (χ2v) is 5.69. The van der Waals surface area contributed by atoms with E-state index in [9.17, 15) is 0 Å². The standard InChI is InChI=1S/C17H26O/c1-3-14(2)16(11-12-18-17-9-10-17)13-15-7-5-4-6-8-15/h4-8,14,16-17H,3,9-13H2,1-2H3. The average molecular weight is 246 g/mol. The fraction of sp³-hybridized carbons (Fsp3) is 0.647. The van der Waals surface area contributed by atoms with Gasteiger partial charge in [-0.15, -0.1) is 0 Å². The van der Waals surface area contributed by atoms with Crippen molar-refractivity contribution in [2.24, 2.45) is 11.8 Å². The maximum Gasteiger partial charge on any atom is 0.0577 e. The third-order valence-electron chi connectivity index (χ3n) is 4.16. The van der Waals surface area contributed by atoms with E-state index < -0.39 is 0 Å². The van der Waals surface area contributed by atoms with E-state index >= 15 is 0 Å². The molecule has 2 atom stereocenters. The maximum absolute atomic E-state index is 5.82. The summed E-state index contributed by atoms with van der Waals surface area (Å²) in [6.07, 6.45) is 6.84. The first-order valence-corrected chi connectivity index (χ1v) is 7.45. The summed E-state index contributed by atoms with van der Waals surface area (Å²) in [7, 11) is 0. The van der Waals surface area contributed by atoms with Crippen LogP contribution in [0.2, 0.25) is 0 Å². The van der Waals surface area contributed by atoms with E-state index in [1.807, 2.05) is 0 Å². The Balaban J connectivity index is 1.83. The molecule has 100 valence electrons. The Morgan fingerprint density at radius 2 is 1.94 bits per heavy atom. The van der Waals surface area contributed by atoms with Gasteiger partial charge in [0.2, 0.25) is 0 Å². The molecule has 1 aliphatic carbocycles. The largest absolute Gasteiger partial charge is 0.378 e. The van der Waals surface area contributed by atoms with Crippen molar-refractivity contribution in [3.8, 4) is 0 Å². The molecule has 1 nitrogen and oxygen atoms in total. The summed E-state index contributed by atoms with van der Waals surface area (Å²) in [5.74, 6) is 1.55. The summed E-state index contributed by atoms with van der Waals surface area (Å²) in [6, 6.07) is 10.9. The molecule has 1 aliphatic rings. The number of hydrogen-bond donors (Lipinski definition) is 0. The summed E-state index contributed by atoms with van der Waals surface area (Å²) >= 11 is 0. The normalized spacial score (nSPS) is 18.6. The molecule has 0 aliphatic heterocycles. The minimum Gasteiger partial charge on any atom is -0.378 e. The Bertz CT molecular complexity index is 329. The van der Waals surface area contributed by atoms with E-state index in [2.05, 4.69) is 44.2 Å². The third-order valence-corrected chi connectivity index (χ3v) is 4.16. The molecule has 2 rings (SSSR count). The lowest BCUT2D eigenvalue weighted by molar-refractivity contribution is 0.0980. The molecule has 18 heavy (non-hydrogen) atoms. The van der Waals surface area contributed by atoms with Crippen molar-refractivity contribution in [1.29, 1.82) is 0 Å². The Morgan fingerprint density at radius 3 is 2.56 bits per heavy atom. The average Bonchev–Trinajstić information content (AvgIpc) is 3.22. The van der Waals surface area contributed by atoms with Gasteiger partial charge < -0.3 is 4.74 Å². The molecule has 0 radical (unpaired) electrons. The molecular formula is C17H26O. The SMILES string of the molecule is CCC(C)C(CCOC1CC1)Cc1ccccc1. The van der Waals surface area contributed by atoms with Crippen LogP contribution >= 0.6 is 0 Å². The van der Waals surface area contributed by atoms with Crippen LogP contribution in [-0.4, -0.2) is 12.7 Å². The van der Waals surface area contributed by atoms with Crippen LogP contribution < -0.4 is 0 Å². The molecule has 1 heteroatoms. The molecule has 0 amide bonds. The van der Waals surface area contributed by atoms with Gasteiger partial charge in [0, 0.05) is 6.61 Å². The van der Waals surface area contributed by atoms with Gasteiger partial charge in [-0.2, -0.15) is 0 Å². The molecule has 1 fully saturated rings. The summed E-state index contributed by atoms with van der Waals surface area (Å²) in [4.78, 5) is 0. The summed E-state index contributed by atoms with van der Waals surface area (Å²) in [5.41, 5.74) is 1.47. The van der Waals surface area contributed by atoms with Gasteiger partial charge in [0.05, 0.1) is 6.10 Å². The van der Waals surface area contributed by atoms with Crippen molar-refractivity contribution < 1.29 is 4.74 Å². The summed E-state index contributed by atoms with van der Waals surface area (Å²) in [5, 5.41) is 0. The smallest absolute Gasteiger partial charge is 0.0577 e. The quantitative estimate of drug-likeness (QED) is 0.658. The van der Waals surface area contributed by atoms with Crippen LogP contribution in [0.5, 0.6) is 0 Å². The molecule has 0 bridgehead atoms. The first kappa shape index (κ1) is 13.6. The van der Waals surface area contributed by atoms with Crippen molar-refractivity contribution in [2.75, 3.05) is 6.61 Å². The third kappa shape index (κ3) is 4.45. The van der Waals surface area contributed by atoms with Gasteiger partial charge in [-0.1, -0.05) is 50.6 Å². The van der Waals surface area contributed by atoms with E-state index in [1.165, 1.54) is 37.7 Å². The lowest BCUT2D eigenvalue weighted by atomic mass is 9.84. The monoisotopic (exact) mass is 246 g/mol. The predicted octanol–water partition coefficient (Wildman–Crippen LogP) is 4.46. The minimum absolute atomic E-state index is 0.597. The highest BCUT2D eigenvalue weighted by Crippen LogP contribution is 2.27. The van der Waals surface area contributed by atoms with Crippen molar-refractivity contribution >= 4 is 0 Å². The molecule has 2 unspecified atom stereocenters. The summed E-state index contributed by atoms with van der Waals surface area (Å²) < 4.78 is 5.82. The number of hydrogen-bond acceptors (Lipinski definition) is 1. The molecule has 0 heterocycles. The van der Waals surface area contributed by atoms with Gasteiger partial charge in [0.15, 0.2) is 0 Å². The number of benzene rings is 1. The van der Waals surface area contributed by atoms with Crippen LogP contribution in [0.15, 0.2) is 30.3 Å². The Morgan fingerprint density at radius 1 is 1.22 bits per heavy atom. The summed E-state index contributed by atoms with van der Waals surface area (Å²) in [6.45, 7) is 5.63. The second kappa shape index (κ2) is 6.94. The van der Waals surface area contributed by atoms with Crippen molar-refractivity contribution in [3.63, 3.8) is 0 Å². The van der Waals surface area contributed by atoms with Gasteiger partial charge in [-0.3, -0.25) is 0 Å². The fourth-order valence-electron chi connectivity index (χ4n) is 2.46. The fourth-order valence-corrected chi connectivity index (χ4v) is 2.46. The number of rotatable bonds is 8. The molecular weight excluding hydrogens is 220 g/mol. The van der Waals surface area contributed by atoms with Crippen molar-refractivity contribution in [1.82, 2.24) is 0 Å². The maximum atomic E-state index is 5.82. The predicted molar refractivity (Wildman–Crippen MR) is 76.7 cm³/mol. The zero-order chi connectivity index (χ0) is 12.8. The van der Waals surface area contributed by atoms with E-state index in [-0.39, 0.29) is 0 Å². The second-order valence-electron chi connectivity index (χ2n) is 5.69. The van der Waals surface area contributed by atoms with Crippen LogP contribution in [0, 0.1) is 11.8 Å². The van der Waals surface area contributed by atoms with E-state index in [0.29, 0.717) is 6.10 Å². The van der Waals surface area contributed by atoms with Crippen LogP contribution in [0.1, 0.15) is 45.1 Å². The molecule has 1 saturated carbocycles. The highest BCUT2D eigenvalue weighted by Gasteiger charge is 2.23. The highest BCUT2D eigenvalue weighted by atomic mass is 16.5. The number of ether oxygens (including phenoxy) is 1. The van der Waals surface area contributed by atoms with Gasteiger partial charge in [-0.05, 0) is 43.1 Å². The van der Waals surface area contributed by atoms with E-state index in [4.69, 9.17) is 4.74 Å². The first-order chi connectivity index (χ1) is 8.79. The molecule has 0 spiro atoms. The van der Waals surface area contributed by atoms with Crippen LogP contribution in [-0.2, 0) is 11.2 Å². The van der Waals surface area contributed by atoms with E-state index in [1.54, 1.807) is 0 Å². The lowest BCUT2D eigenvalue weighted by Crippen LogP contribution is -2.17. The van der Waals surface area contributed by atoms with Gasteiger partial charge in [-0.25, -0.2) is 0 Å². The topological polar surface area (TPSA) is 9.23 Å². The Kier molecular flexibility index (Phi) is 5.25. The van der Waals surface area contributed by atoms with E-state index in [0.717, 1.165) is 18.4 Å². The van der Waals surface area contributed by atoms with Crippen LogP contribution in [0.4, 0.5) is 0 Å². The van der Waals surface area contributed by atoms with Gasteiger partial charge in [0.25, 0.3) is 0 Å². The first-order valence-electron chi connectivity index (χ1n) is 7.45. The molecule has 1 aromatic rings.